The SMILES string of the molecule is CCN(CC)C(=O)Oc1sccc1C. The molecule has 0 unspecified atom stereocenters. The van der Waals surface area contributed by atoms with Gasteiger partial charge in [-0.1, -0.05) is 0 Å². The Morgan fingerprint density at radius 1 is 1.50 bits per heavy atom. The van der Waals surface area contributed by atoms with Crippen LogP contribution < -0.4 is 4.74 Å². The highest BCUT2D eigenvalue weighted by Crippen LogP contribution is 2.25. The summed E-state index contributed by atoms with van der Waals surface area (Å²) in [4.78, 5) is 13.2. The van der Waals surface area contributed by atoms with Crippen molar-refractivity contribution in [2.75, 3.05) is 13.1 Å². The summed E-state index contributed by atoms with van der Waals surface area (Å²) in [5, 5.41) is 2.61. The minimum absolute atomic E-state index is 0.263. The summed E-state index contributed by atoms with van der Waals surface area (Å²) in [6.07, 6.45) is -0.263. The third-order valence-electron chi connectivity index (χ3n) is 2.02. The van der Waals surface area contributed by atoms with Crippen LogP contribution in [0.5, 0.6) is 5.06 Å². The largest absolute Gasteiger partial charge is 0.416 e. The van der Waals surface area contributed by atoms with Crippen molar-refractivity contribution >= 4 is 17.4 Å². The normalized spacial score (nSPS) is 9.93. The van der Waals surface area contributed by atoms with Gasteiger partial charge < -0.3 is 9.64 Å². The van der Waals surface area contributed by atoms with Crippen LogP contribution in [-0.4, -0.2) is 24.1 Å². The van der Waals surface area contributed by atoms with Gasteiger partial charge in [-0.2, -0.15) is 0 Å². The number of ether oxygens (including phenoxy) is 1. The lowest BCUT2D eigenvalue weighted by molar-refractivity contribution is 0.158. The Morgan fingerprint density at radius 3 is 2.57 bits per heavy atom. The van der Waals surface area contributed by atoms with Gasteiger partial charge in [0.2, 0.25) is 0 Å². The molecule has 0 fully saturated rings. The second-order valence-corrected chi connectivity index (χ2v) is 3.81. The molecule has 0 saturated carbocycles. The van der Waals surface area contributed by atoms with Crippen molar-refractivity contribution < 1.29 is 9.53 Å². The molecular weight excluding hydrogens is 198 g/mol. The Bertz CT molecular complexity index is 305. The van der Waals surface area contributed by atoms with Gasteiger partial charge in [0, 0.05) is 18.7 Å². The molecule has 0 N–H and O–H groups in total. The summed E-state index contributed by atoms with van der Waals surface area (Å²) in [6, 6.07) is 1.94. The summed E-state index contributed by atoms with van der Waals surface area (Å²) in [6.45, 7) is 7.17. The van der Waals surface area contributed by atoms with E-state index in [9.17, 15) is 4.79 Å². The molecule has 0 aliphatic rings. The highest BCUT2D eigenvalue weighted by atomic mass is 32.1. The molecule has 0 atom stereocenters. The molecular formula is C10H15NO2S. The van der Waals surface area contributed by atoms with E-state index in [1.54, 1.807) is 4.90 Å². The average molecular weight is 213 g/mol. The Kier molecular flexibility index (Phi) is 3.95. The molecule has 14 heavy (non-hydrogen) atoms. The second-order valence-electron chi connectivity index (χ2n) is 2.93. The second kappa shape index (κ2) is 5.00. The first-order valence-corrected chi connectivity index (χ1v) is 5.57. The zero-order valence-electron chi connectivity index (χ0n) is 8.74. The maximum atomic E-state index is 11.5. The van der Waals surface area contributed by atoms with Crippen molar-refractivity contribution in [3.05, 3.63) is 17.0 Å². The number of carbonyl (C=O) groups excluding carboxylic acids is 1. The van der Waals surface area contributed by atoms with Crippen molar-refractivity contribution in [1.29, 1.82) is 0 Å². The van der Waals surface area contributed by atoms with E-state index in [0.717, 1.165) is 5.56 Å². The fourth-order valence-electron chi connectivity index (χ4n) is 1.09. The lowest BCUT2D eigenvalue weighted by atomic mass is 10.4. The van der Waals surface area contributed by atoms with Crippen LogP contribution in [0.15, 0.2) is 11.4 Å². The van der Waals surface area contributed by atoms with Crippen LogP contribution in [-0.2, 0) is 0 Å². The summed E-state index contributed by atoms with van der Waals surface area (Å²) in [5.74, 6) is 0. The summed E-state index contributed by atoms with van der Waals surface area (Å²) < 4.78 is 5.23. The van der Waals surface area contributed by atoms with Gasteiger partial charge >= 0.3 is 6.09 Å². The molecule has 0 bridgehead atoms. The van der Waals surface area contributed by atoms with Gasteiger partial charge in [0.1, 0.15) is 0 Å². The number of hydrogen-bond acceptors (Lipinski definition) is 3. The molecule has 4 heteroatoms. The fourth-order valence-corrected chi connectivity index (χ4v) is 1.86. The van der Waals surface area contributed by atoms with E-state index in [0.29, 0.717) is 18.2 Å². The molecule has 1 heterocycles. The number of nitrogens with zero attached hydrogens (tertiary/aromatic N) is 1. The van der Waals surface area contributed by atoms with E-state index in [-0.39, 0.29) is 6.09 Å². The van der Waals surface area contributed by atoms with E-state index < -0.39 is 0 Å². The van der Waals surface area contributed by atoms with E-state index in [1.807, 2.05) is 32.2 Å². The molecule has 0 aromatic carbocycles. The Labute approximate surface area is 88.3 Å². The Hall–Kier alpha value is -1.03. The minimum atomic E-state index is -0.263. The van der Waals surface area contributed by atoms with Crippen LogP contribution in [0.25, 0.3) is 0 Å². The number of amides is 1. The first-order chi connectivity index (χ1) is 6.69. The molecule has 3 nitrogen and oxygen atoms in total. The minimum Gasteiger partial charge on any atom is -0.399 e. The molecule has 0 radical (unpaired) electrons. The van der Waals surface area contributed by atoms with Crippen LogP contribution in [0.3, 0.4) is 0 Å². The van der Waals surface area contributed by atoms with E-state index >= 15 is 0 Å². The van der Waals surface area contributed by atoms with Gasteiger partial charge in [0.25, 0.3) is 0 Å². The topological polar surface area (TPSA) is 29.5 Å². The molecule has 1 aromatic heterocycles. The molecule has 0 aliphatic carbocycles. The molecule has 0 saturated heterocycles. The van der Waals surface area contributed by atoms with Crippen LogP contribution in [0.2, 0.25) is 0 Å². The third-order valence-corrected chi connectivity index (χ3v) is 2.91. The number of hydrogen-bond donors (Lipinski definition) is 0. The Balaban J connectivity index is 2.61. The van der Waals surface area contributed by atoms with Crippen LogP contribution in [0.1, 0.15) is 19.4 Å². The molecule has 1 amide bonds. The summed E-state index contributed by atoms with van der Waals surface area (Å²) in [7, 11) is 0. The standard InChI is InChI=1S/C10H15NO2S/c1-4-11(5-2)10(12)13-9-8(3)6-7-14-9/h6-7H,4-5H2,1-3H3. The smallest absolute Gasteiger partial charge is 0.399 e. The molecule has 0 spiro atoms. The van der Waals surface area contributed by atoms with Crippen molar-refractivity contribution in [2.45, 2.75) is 20.8 Å². The van der Waals surface area contributed by atoms with Gasteiger partial charge in [-0.25, -0.2) is 4.79 Å². The lowest BCUT2D eigenvalue weighted by Crippen LogP contribution is -2.32. The number of thiophene rings is 1. The predicted molar refractivity (Wildman–Crippen MR) is 58.0 cm³/mol. The maximum Gasteiger partial charge on any atom is 0.416 e. The van der Waals surface area contributed by atoms with E-state index in [4.69, 9.17) is 4.74 Å². The highest BCUT2D eigenvalue weighted by molar-refractivity contribution is 7.12. The van der Waals surface area contributed by atoms with Gasteiger partial charge in [0.05, 0.1) is 0 Å². The Morgan fingerprint density at radius 2 is 2.14 bits per heavy atom. The van der Waals surface area contributed by atoms with Gasteiger partial charge in [-0.15, -0.1) is 11.3 Å². The summed E-state index contributed by atoms with van der Waals surface area (Å²) in [5.41, 5.74) is 1.01. The number of rotatable bonds is 3. The van der Waals surface area contributed by atoms with Crippen LogP contribution in [0, 0.1) is 6.92 Å². The molecule has 1 rings (SSSR count). The first-order valence-electron chi connectivity index (χ1n) is 4.69. The van der Waals surface area contributed by atoms with Crippen LogP contribution in [0.4, 0.5) is 4.79 Å². The first kappa shape index (κ1) is 11.0. The third kappa shape index (κ3) is 2.48. The lowest BCUT2D eigenvalue weighted by Gasteiger charge is -2.17. The molecule has 1 aromatic rings. The molecule has 0 aliphatic heterocycles. The van der Waals surface area contributed by atoms with Crippen molar-refractivity contribution in [3.63, 3.8) is 0 Å². The average Bonchev–Trinajstić information content (AvgIpc) is 2.54. The number of carbonyl (C=O) groups is 1. The van der Waals surface area contributed by atoms with E-state index in [2.05, 4.69) is 0 Å². The molecule has 78 valence electrons. The van der Waals surface area contributed by atoms with Crippen molar-refractivity contribution in [3.8, 4) is 5.06 Å². The van der Waals surface area contributed by atoms with Gasteiger partial charge in [-0.05, 0) is 32.2 Å². The van der Waals surface area contributed by atoms with Crippen LogP contribution >= 0.6 is 11.3 Å². The highest BCUT2D eigenvalue weighted by Gasteiger charge is 2.13. The van der Waals surface area contributed by atoms with E-state index in [1.165, 1.54) is 11.3 Å². The zero-order valence-corrected chi connectivity index (χ0v) is 9.56. The quantitative estimate of drug-likeness (QED) is 0.772. The zero-order chi connectivity index (χ0) is 10.6. The van der Waals surface area contributed by atoms with Crippen molar-refractivity contribution in [1.82, 2.24) is 4.90 Å². The number of aryl methyl sites for hydroxylation is 1. The van der Waals surface area contributed by atoms with Crippen molar-refractivity contribution in [2.24, 2.45) is 0 Å². The van der Waals surface area contributed by atoms with Gasteiger partial charge in [-0.3, -0.25) is 0 Å². The monoisotopic (exact) mass is 213 g/mol. The fraction of sp³-hybridized carbons (Fsp3) is 0.500. The predicted octanol–water partition coefficient (Wildman–Crippen LogP) is 2.90. The summed E-state index contributed by atoms with van der Waals surface area (Å²) >= 11 is 1.45. The van der Waals surface area contributed by atoms with Gasteiger partial charge in [0.15, 0.2) is 5.06 Å². The maximum absolute atomic E-state index is 11.5.